The molecule has 0 aliphatic carbocycles. The Bertz CT molecular complexity index is 175. The van der Waals surface area contributed by atoms with Gasteiger partial charge in [-0.15, -0.1) is 0 Å². The minimum Gasteiger partial charge on any atom is -0.444 e. The number of alkyl carbamates (subject to hydrolysis) is 1. The van der Waals surface area contributed by atoms with Gasteiger partial charge in [0, 0.05) is 13.3 Å². The molecule has 0 aromatic rings. The standard InChI is InChI=1S/C8H17N3O2/c1-8(2,3)13-7(12)10-5-6-11-9-4/h11H,4-6H2,1-3H3,(H,10,12). The van der Waals surface area contributed by atoms with Gasteiger partial charge in [0.15, 0.2) is 0 Å². The quantitative estimate of drug-likeness (QED) is 0.387. The number of amides is 1. The molecule has 1 amide bonds. The van der Waals surface area contributed by atoms with Crippen LogP contribution in [0.2, 0.25) is 0 Å². The van der Waals surface area contributed by atoms with Crippen molar-refractivity contribution in [1.29, 1.82) is 0 Å². The molecule has 0 rings (SSSR count). The third kappa shape index (κ3) is 8.65. The van der Waals surface area contributed by atoms with Crippen molar-refractivity contribution >= 4 is 12.8 Å². The lowest BCUT2D eigenvalue weighted by Gasteiger charge is -2.19. The number of ether oxygens (including phenoxy) is 1. The first-order valence-corrected chi connectivity index (χ1v) is 4.11. The summed E-state index contributed by atoms with van der Waals surface area (Å²) < 4.78 is 4.99. The Morgan fingerprint density at radius 3 is 2.54 bits per heavy atom. The molecular weight excluding hydrogens is 170 g/mol. The van der Waals surface area contributed by atoms with Crippen molar-refractivity contribution in [2.24, 2.45) is 5.10 Å². The van der Waals surface area contributed by atoms with Gasteiger partial charge in [-0.1, -0.05) is 0 Å². The molecule has 0 saturated heterocycles. The summed E-state index contributed by atoms with van der Waals surface area (Å²) in [6.45, 7) is 9.69. The van der Waals surface area contributed by atoms with Crippen molar-refractivity contribution in [3.8, 4) is 0 Å². The Hall–Kier alpha value is -1.26. The van der Waals surface area contributed by atoms with Gasteiger partial charge in [-0.25, -0.2) is 4.79 Å². The van der Waals surface area contributed by atoms with Crippen molar-refractivity contribution in [3.63, 3.8) is 0 Å². The van der Waals surface area contributed by atoms with E-state index in [1.165, 1.54) is 0 Å². The Morgan fingerprint density at radius 2 is 2.08 bits per heavy atom. The van der Waals surface area contributed by atoms with E-state index in [-0.39, 0.29) is 0 Å². The third-order valence-corrected chi connectivity index (χ3v) is 1.02. The molecule has 0 fully saturated rings. The number of nitrogens with one attached hydrogen (secondary N) is 2. The van der Waals surface area contributed by atoms with Crippen LogP contribution in [0.5, 0.6) is 0 Å². The minimum atomic E-state index is -0.450. The first-order valence-electron chi connectivity index (χ1n) is 4.11. The van der Waals surface area contributed by atoms with Crippen LogP contribution in [0, 0.1) is 0 Å². The molecule has 5 heteroatoms. The predicted molar refractivity (Wildman–Crippen MR) is 51.8 cm³/mol. The van der Waals surface area contributed by atoms with Gasteiger partial charge < -0.3 is 15.5 Å². The van der Waals surface area contributed by atoms with Gasteiger partial charge in [0.2, 0.25) is 0 Å². The molecule has 0 atom stereocenters. The molecule has 0 aromatic carbocycles. The van der Waals surface area contributed by atoms with E-state index in [4.69, 9.17) is 4.74 Å². The molecule has 0 aromatic heterocycles. The van der Waals surface area contributed by atoms with Crippen molar-refractivity contribution in [2.45, 2.75) is 26.4 Å². The summed E-state index contributed by atoms with van der Waals surface area (Å²) in [5.74, 6) is 0. The molecule has 0 unspecified atom stereocenters. The molecule has 13 heavy (non-hydrogen) atoms. The van der Waals surface area contributed by atoms with Gasteiger partial charge in [-0.2, -0.15) is 5.10 Å². The monoisotopic (exact) mass is 187 g/mol. The number of hydrogen-bond donors (Lipinski definition) is 2. The van der Waals surface area contributed by atoms with Crippen molar-refractivity contribution in [1.82, 2.24) is 10.7 Å². The highest BCUT2D eigenvalue weighted by Gasteiger charge is 2.15. The second-order valence-electron chi connectivity index (χ2n) is 3.49. The van der Waals surface area contributed by atoms with Crippen LogP contribution in [0.1, 0.15) is 20.8 Å². The second kappa shape index (κ2) is 5.40. The molecule has 0 heterocycles. The van der Waals surface area contributed by atoms with Gasteiger partial charge in [-0.05, 0) is 20.8 Å². The number of rotatable bonds is 4. The fraction of sp³-hybridized carbons (Fsp3) is 0.750. The summed E-state index contributed by atoms with van der Waals surface area (Å²) in [7, 11) is 0. The van der Waals surface area contributed by atoms with E-state index in [1.54, 1.807) is 0 Å². The van der Waals surface area contributed by atoms with Crippen LogP contribution in [-0.2, 0) is 4.74 Å². The normalized spacial score (nSPS) is 10.4. The lowest BCUT2D eigenvalue weighted by Crippen LogP contribution is -2.35. The molecule has 2 N–H and O–H groups in total. The topological polar surface area (TPSA) is 62.7 Å². The van der Waals surface area contributed by atoms with Crippen LogP contribution in [0.4, 0.5) is 4.79 Å². The second-order valence-corrected chi connectivity index (χ2v) is 3.49. The largest absolute Gasteiger partial charge is 0.444 e. The van der Waals surface area contributed by atoms with E-state index in [0.717, 1.165) is 0 Å². The van der Waals surface area contributed by atoms with E-state index >= 15 is 0 Å². The van der Waals surface area contributed by atoms with Crippen LogP contribution >= 0.6 is 0 Å². The highest BCUT2D eigenvalue weighted by Crippen LogP contribution is 2.05. The van der Waals surface area contributed by atoms with Crippen molar-refractivity contribution in [2.75, 3.05) is 13.1 Å². The first kappa shape index (κ1) is 11.7. The van der Waals surface area contributed by atoms with Gasteiger partial charge in [0.25, 0.3) is 0 Å². The Kier molecular flexibility index (Phi) is 4.87. The smallest absolute Gasteiger partial charge is 0.407 e. The van der Waals surface area contributed by atoms with Crippen LogP contribution in [0.15, 0.2) is 5.10 Å². The summed E-state index contributed by atoms with van der Waals surface area (Å²) >= 11 is 0. The van der Waals surface area contributed by atoms with E-state index in [1.807, 2.05) is 20.8 Å². The molecule has 0 aliphatic rings. The van der Waals surface area contributed by atoms with Gasteiger partial charge in [0.05, 0.1) is 6.54 Å². The number of carbonyl (C=O) groups is 1. The van der Waals surface area contributed by atoms with Crippen LogP contribution in [0.3, 0.4) is 0 Å². The first-order chi connectivity index (χ1) is 5.95. The predicted octanol–water partition coefficient (Wildman–Crippen LogP) is 0.716. The van der Waals surface area contributed by atoms with Crippen molar-refractivity contribution in [3.05, 3.63) is 0 Å². The molecule has 5 nitrogen and oxygen atoms in total. The average Bonchev–Trinajstić information content (AvgIpc) is 1.94. The SMILES string of the molecule is C=NNCCNC(=O)OC(C)(C)C. The van der Waals surface area contributed by atoms with Crippen LogP contribution in [-0.4, -0.2) is 31.5 Å². The fourth-order valence-electron chi connectivity index (χ4n) is 0.614. The van der Waals surface area contributed by atoms with E-state index in [0.29, 0.717) is 13.1 Å². The van der Waals surface area contributed by atoms with Gasteiger partial charge in [-0.3, -0.25) is 0 Å². The number of hydrazone groups is 1. The highest BCUT2D eigenvalue weighted by atomic mass is 16.6. The third-order valence-electron chi connectivity index (χ3n) is 1.02. The zero-order chi connectivity index (χ0) is 10.3. The molecular formula is C8H17N3O2. The maximum absolute atomic E-state index is 11.0. The molecule has 0 bridgehead atoms. The minimum absolute atomic E-state index is 0.418. The molecule has 0 saturated carbocycles. The van der Waals surface area contributed by atoms with E-state index < -0.39 is 11.7 Å². The Morgan fingerprint density at radius 1 is 1.46 bits per heavy atom. The number of nitrogens with zero attached hydrogens (tertiary/aromatic N) is 1. The maximum atomic E-state index is 11.0. The summed E-state index contributed by atoms with van der Waals surface area (Å²) in [4.78, 5) is 11.0. The fourth-order valence-corrected chi connectivity index (χ4v) is 0.614. The average molecular weight is 187 g/mol. The van der Waals surface area contributed by atoms with Gasteiger partial charge >= 0.3 is 6.09 Å². The lowest BCUT2D eigenvalue weighted by atomic mass is 10.2. The molecule has 0 radical (unpaired) electrons. The summed E-state index contributed by atoms with van der Waals surface area (Å²) in [6, 6.07) is 0. The molecule has 0 aliphatic heterocycles. The van der Waals surface area contributed by atoms with Crippen LogP contribution in [0.25, 0.3) is 0 Å². The summed E-state index contributed by atoms with van der Waals surface area (Å²) in [6.07, 6.45) is -0.418. The molecule has 76 valence electrons. The van der Waals surface area contributed by atoms with E-state index in [2.05, 4.69) is 22.6 Å². The zero-order valence-electron chi connectivity index (χ0n) is 8.39. The number of hydrogen-bond acceptors (Lipinski definition) is 4. The highest BCUT2D eigenvalue weighted by molar-refractivity contribution is 5.67. The Balaban J connectivity index is 3.47. The summed E-state index contributed by atoms with van der Waals surface area (Å²) in [5.41, 5.74) is 2.16. The number of carbonyl (C=O) groups excluding carboxylic acids is 1. The van der Waals surface area contributed by atoms with Crippen molar-refractivity contribution < 1.29 is 9.53 Å². The molecule has 0 spiro atoms. The summed E-state index contributed by atoms with van der Waals surface area (Å²) in [5, 5.41) is 5.98. The maximum Gasteiger partial charge on any atom is 0.407 e. The van der Waals surface area contributed by atoms with Gasteiger partial charge in [0.1, 0.15) is 5.60 Å². The lowest BCUT2D eigenvalue weighted by molar-refractivity contribution is 0.0528. The zero-order valence-corrected chi connectivity index (χ0v) is 8.39. The van der Waals surface area contributed by atoms with E-state index in [9.17, 15) is 4.79 Å². The Labute approximate surface area is 78.5 Å². The van der Waals surface area contributed by atoms with Crippen LogP contribution < -0.4 is 10.7 Å².